The number of carbonyl (C=O) groups excluding carboxylic acids is 1. The number of anilines is 1. The van der Waals surface area contributed by atoms with Crippen molar-refractivity contribution in [3.63, 3.8) is 0 Å². The number of benzene rings is 1. The van der Waals surface area contributed by atoms with E-state index in [1.807, 2.05) is 24.3 Å². The van der Waals surface area contributed by atoms with Crippen molar-refractivity contribution in [3.8, 4) is 0 Å². The van der Waals surface area contributed by atoms with Crippen molar-refractivity contribution in [1.29, 1.82) is 0 Å². The van der Waals surface area contributed by atoms with E-state index in [2.05, 4.69) is 54.2 Å². The highest BCUT2D eigenvalue weighted by Gasteiger charge is 2.21. The fourth-order valence-electron chi connectivity index (χ4n) is 2.86. The molecule has 3 N–H and O–H groups in total. The van der Waals surface area contributed by atoms with Crippen LogP contribution in [0.25, 0.3) is 0 Å². The average Bonchev–Trinajstić information content (AvgIpc) is 3.46. The first-order valence-electron chi connectivity index (χ1n) is 9.98. The van der Waals surface area contributed by atoms with Crippen LogP contribution in [0.1, 0.15) is 41.8 Å². The third-order valence-corrected chi connectivity index (χ3v) is 5.84. The zero-order valence-electron chi connectivity index (χ0n) is 17.6. The van der Waals surface area contributed by atoms with E-state index >= 15 is 0 Å². The second-order valence-electron chi connectivity index (χ2n) is 7.54. The van der Waals surface area contributed by atoms with E-state index in [4.69, 9.17) is 9.41 Å². The van der Waals surface area contributed by atoms with Crippen LogP contribution in [0.4, 0.5) is 5.69 Å². The maximum atomic E-state index is 12.0. The number of hydrogen-bond acceptors (Lipinski definition) is 4. The molecule has 3 aromatic rings. The summed E-state index contributed by atoms with van der Waals surface area (Å²) in [5, 5.41) is 11.7. The summed E-state index contributed by atoms with van der Waals surface area (Å²) in [5.41, 5.74) is 1.80. The summed E-state index contributed by atoms with van der Waals surface area (Å²) in [5.74, 6) is 0.811. The van der Waals surface area contributed by atoms with Gasteiger partial charge in [0, 0.05) is 29.1 Å². The highest BCUT2D eigenvalue weighted by molar-refractivity contribution is 7.10. The molecule has 2 heterocycles. The number of amides is 1. The second-order valence-corrected chi connectivity index (χ2v) is 8.49. The maximum Gasteiger partial charge on any atom is 0.291 e. The maximum absolute atomic E-state index is 12.0. The van der Waals surface area contributed by atoms with E-state index < -0.39 is 0 Å². The molecule has 0 saturated heterocycles. The molecule has 0 bridgehead atoms. The van der Waals surface area contributed by atoms with Crippen molar-refractivity contribution in [2.75, 3.05) is 18.4 Å². The highest BCUT2D eigenvalue weighted by atomic mass is 32.1. The number of nitrogens with zero attached hydrogens (tertiary/aromatic N) is 1. The summed E-state index contributed by atoms with van der Waals surface area (Å²) in [6, 6.07) is 15.2. The molecule has 0 aliphatic carbocycles. The van der Waals surface area contributed by atoms with E-state index in [0.717, 1.165) is 24.6 Å². The smallest absolute Gasteiger partial charge is 0.291 e. The summed E-state index contributed by atoms with van der Waals surface area (Å²) < 4.78 is 5.11. The molecule has 158 valence electrons. The van der Waals surface area contributed by atoms with Crippen molar-refractivity contribution >= 4 is 28.9 Å². The normalized spacial score (nSPS) is 11.9. The largest absolute Gasteiger partial charge is 0.459 e. The van der Waals surface area contributed by atoms with Crippen molar-refractivity contribution in [1.82, 2.24) is 10.6 Å². The third-order valence-electron chi connectivity index (χ3n) is 4.61. The summed E-state index contributed by atoms with van der Waals surface area (Å²) in [4.78, 5) is 18.1. The average molecular weight is 425 g/mol. The molecule has 3 rings (SSSR count). The van der Waals surface area contributed by atoms with Crippen LogP contribution in [0.3, 0.4) is 0 Å². The Balaban J connectivity index is 1.57. The first kappa shape index (κ1) is 21.6. The molecule has 0 atom stereocenters. The molecule has 0 radical (unpaired) electrons. The van der Waals surface area contributed by atoms with Gasteiger partial charge < -0.3 is 20.4 Å². The van der Waals surface area contributed by atoms with E-state index in [1.54, 1.807) is 23.5 Å². The Morgan fingerprint density at radius 2 is 1.90 bits per heavy atom. The quantitative estimate of drug-likeness (QED) is 0.364. The number of furan rings is 1. The van der Waals surface area contributed by atoms with Gasteiger partial charge in [0.15, 0.2) is 11.7 Å². The first-order chi connectivity index (χ1) is 14.5. The molecular weight excluding hydrogens is 396 g/mol. The van der Waals surface area contributed by atoms with Gasteiger partial charge in [0.2, 0.25) is 0 Å². The van der Waals surface area contributed by atoms with Crippen molar-refractivity contribution in [3.05, 3.63) is 76.4 Å². The van der Waals surface area contributed by atoms with Crippen LogP contribution in [0.2, 0.25) is 0 Å². The van der Waals surface area contributed by atoms with Gasteiger partial charge >= 0.3 is 0 Å². The predicted octanol–water partition coefficient (Wildman–Crippen LogP) is 4.63. The lowest BCUT2D eigenvalue weighted by Gasteiger charge is -2.25. The van der Waals surface area contributed by atoms with Crippen LogP contribution in [0.15, 0.2) is 69.6 Å². The SMILES string of the molecule is CCNC(=NCc1ccc(NC(=O)c2ccco2)cc1)NCC(C)(C)c1cccs1. The predicted molar refractivity (Wildman–Crippen MR) is 123 cm³/mol. The molecule has 6 nitrogen and oxygen atoms in total. The van der Waals surface area contributed by atoms with Gasteiger partial charge in [-0.1, -0.05) is 32.0 Å². The van der Waals surface area contributed by atoms with Gasteiger partial charge in [0.1, 0.15) is 0 Å². The Labute approximate surface area is 181 Å². The van der Waals surface area contributed by atoms with Crippen LogP contribution >= 0.6 is 11.3 Å². The molecule has 1 amide bonds. The Kier molecular flexibility index (Phi) is 7.30. The second kappa shape index (κ2) is 10.1. The summed E-state index contributed by atoms with van der Waals surface area (Å²) in [6.07, 6.45) is 1.48. The Morgan fingerprint density at radius 1 is 1.10 bits per heavy atom. The molecule has 0 fully saturated rings. The van der Waals surface area contributed by atoms with Gasteiger partial charge in [-0.3, -0.25) is 4.79 Å². The van der Waals surface area contributed by atoms with Gasteiger partial charge in [-0.25, -0.2) is 4.99 Å². The summed E-state index contributed by atoms with van der Waals surface area (Å²) in [6.45, 7) is 8.63. The lowest BCUT2D eigenvalue weighted by Crippen LogP contribution is -2.43. The van der Waals surface area contributed by atoms with E-state index in [1.165, 1.54) is 11.1 Å². The number of rotatable bonds is 8. The van der Waals surface area contributed by atoms with Crippen molar-refractivity contribution in [2.45, 2.75) is 32.7 Å². The van der Waals surface area contributed by atoms with Crippen LogP contribution in [0, 0.1) is 0 Å². The summed E-state index contributed by atoms with van der Waals surface area (Å²) in [7, 11) is 0. The molecule has 0 aliphatic rings. The molecule has 0 unspecified atom stereocenters. The minimum atomic E-state index is -0.266. The molecule has 0 saturated carbocycles. The molecule has 2 aromatic heterocycles. The molecule has 0 aliphatic heterocycles. The van der Waals surface area contributed by atoms with Crippen molar-refractivity contribution < 1.29 is 9.21 Å². The fraction of sp³-hybridized carbons (Fsp3) is 0.304. The zero-order chi connectivity index (χ0) is 21.4. The van der Waals surface area contributed by atoms with Crippen LogP contribution < -0.4 is 16.0 Å². The van der Waals surface area contributed by atoms with Crippen LogP contribution in [-0.2, 0) is 12.0 Å². The monoisotopic (exact) mass is 424 g/mol. The van der Waals surface area contributed by atoms with Gasteiger partial charge in [-0.2, -0.15) is 0 Å². The van der Waals surface area contributed by atoms with E-state index in [0.29, 0.717) is 12.2 Å². The Morgan fingerprint density at radius 3 is 2.53 bits per heavy atom. The van der Waals surface area contributed by atoms with Crippen LogP contribution in [-0.4, -0.2) is 25.0 Å². The van der Waals surface area contributed by atoms with Crippen LogP contribution in [0.5, 0.6) is 0 Å². The zero-order valence-corrected chi connectivity index (χ0v) is 18.4. The standard InChI is InChI=1S/C23H28N4O2S/c1-4-24-22(26-16-23(2,3)20-8-6-14-30-20)25-15-17-9-11-18(12-10-17)27-21(28)19-7-5-13-29-19/h5-14H,4,15-16H2,1-3H3,(H,27,28)(H2,24,25,26). The summed E-state index contributed by atoms with van der Waals surface area (Å²) >= 11 is 1.77. The molecule has 1 aromatic carbocycles. The number of hydrogen-bond donors (Lipinski definition) is 3. The minimum Gasteiger partial charge on any atom is -0.459 e. The van der Waals surface area contributed by atoms with Gasteiger partial charge in [-0.05, 0) is 48.2 Å². The van der Waals surface area contributed by atoms with Crippen molar-refractivity contribution in [2.24, 2.45) is 4.99 Å². The molecule has 30 heavy (non-hydrogen) atoms. The van der Waals surface area contributed by atoms with Gasteiger partial charge in [0.05, 0.1) is 12.8 Å². The molecular formula is C23H28N4O2S. The Hall–Kier alpha value is -3.06. The highest BCUT2D eigenvalue weighted by Crippen LogP contribution is 2.26. The topological polar surface area (TPSA) is 78.7 Å². The third kappa shape index (κ3) is 5.97. The molecule has 7 heteroatoms. The first-order valence-corrected chi connectivity index (χ1v) is 10.9. The minimum absolute atomic E-state index is 0.0260. The Bertz CT molecular complexity index is 946. The van der Waals surface area contributed by atoms with E-state index in [-0.39, 0.29) is 17.1 Å². The number of guanidine groups is 1. The number of carbonyl (C=O) groups is 1. The van der Waals surface area contributed by atoms with Gasteiger partial charge in [0.25, 0.3) is 5.91 Å². The van der Waals surface area contributed by atoms with E-state index in [9.17, 15) is 4.79 Å². The number of thiophene rings is 1. The lowest BCUT2D eigenvalue weighted by molar-refractivity contribution is 0.0996. The number of aliphatic imine (C=N–C) groups is 1. The fourth-order valence-corrected chi connectivity index (χ4v) is 3.71. The molecule has 0 spiro atoms. The lowest BCUT2D eigenvalue weighted by atomic mass is 9.91. The number of nitrogens with one attached hydrogen (secondary N) is 3. The van der Waals surface area contributed by atoms with Gasteiger partial charge in [-0.15, -0.1) is 11.3 Å².